The van der Waals surface area contributed by atoms with Gasteiger partial charge in [-0.1, -0.05) is 164 Å². The largest absolute Gasteiger partial charge is 0.456 e. The highest BCUT2D eigenvalue weighted by molar-refractivity contribution is 7.23. The molecule has 0 saturated heterocycles. The smallest absolute Gasteiger partial charge is 0.143 e. The predicted molar refractivity (Wildman–Crippen MR) is 251 cm³/mol. The first-order chi connectivity index (χ1) is 29.3. The molecular weight excluding hydrogens is 737 g/mol. The van der Waals surface area contributed by atoms with Gasteiger partial charge in [-0.2, -0.15) is 0 Å². The van der Waals surface area contributed by atoms with Gasteiger partial charge in [-0.05, 0) is 84.9 Å². The van der Waals surface area contributed by atoms with Gasteiger partial charge in [-0.15, -0.1) is 11.3 Å². The Hall–Kier alpha value is -7.46. The lowest BCUT2D eigenvalue weighted by atomic mass is 9.85. The van der Waals surface area contributed by atoms with Gasteiger partial charge in [-0.25, -0.2) is 0 Å². The Kier molecular flexibility index (Phi) is 6.92. The average Bonchev–Trinajstić information content (AvgIpc) is 4.00. The fraction of sp³-hybridized carbons (Fsp3) is 0. The van der Waals surface area contributed by atoms with Crippen molar-refractivity contribution in [2.75, 3.05) is 0 Å². The fourth-order valence-corrected chi connectivity index (χ4v) is 11.0. The maximum absolute atomic E-state index is 7.06. The van der Waals surface area contributed by atoms with Crippen LogP contribution in [-0.2, 0) is 0 Å². The molecule has 3 heterocycles. The van der Waals surface area contributed by atoms with Gasteiger partial charge in [0.1, 0.15) is 22.3 Å². The van der Waals surface area contributed by atoms with Crippen molar-refractivity contribution < 1.29 is 8.83 Å². The molecule has 0 bridgehead atoms. The predicted octanol–water partition coefficient (Wildman–Crippen LogP) is 16.8. The number of para-hydroxylation sites is 1. The van der Waals surface area contributed by atoms with Crippen molar-refractivity contribution in [2.24, 2.45) is 0 Å². The molecule has 0 fully saturated rings. The summed E-state index contributed by atoms with van der Waals surface area (Å²) in [5, 5.41) is 13.0. The topological polar surface area (TPSA) is 26.3 Å². The van der Waals surface area contributed by atoms with Gasteiger partial charge >= 0.3 is 0 Å². The Labute approximate surface area is 342 Å². The molecule has 10 aromatic carbocycles. The third kappa shape index (κ3) is 4.74. The molecule has 0 amide bonds. The highest BCUT2D eigenvalue weighted by Gasteiger charge is 2.24. The lowest BCUT2D eigenvalue weighted by molar-refractivity contribution is 0.669. The van der Waals surface area contributed by atoms with Crippen molar-refractivity contribution in [1.29, 1.82) is 0 Å². The fourth-order valence-electron chi connectivity index (χ4n) is 9.78. The summed E-state index contributed by atoms with van der Waals surface area (Å²) in [6.45, 7) is 0. The van der Waals surface area contributed by atoms with Crippen molar-refractivity contribution in [1.82, 2.24) is 0 Å². The van der Waals surface area contributed by atoms with Crippen molar-refractivity contribution in [3.8, 4) is 43.8 Å². The first-order valence-corrected chi connectivity index (χ1v) is 20.9. The van der Waals surface area contributed by atoms with Crippen LogP contribution < -0.4 is 0 Å². The second kappa shape index (κ2) is 12.5. The number of hydrogen-bond acceptors (Lipinski definition) is 3. The summed E-state index contributed by atoms with van der Waals surface area (Å²) in [6.07, 6.45) is 0. The Balaban J connectivity index is 1.08. The molecule has 0 aliphatic heterocycles. The number of rotatable bonds is 4. The van der Waals surface area contributed by atoms with E-state index in [1.165, 1.54) is 80.5 Å². The summed E-state index contributed by atoms with van der Waals surface area (Å²) >= 11 is 1.86. The number of hydrogen-bond donors (Lipinski definition) is 0. The summed E-state index contributed by atoms with van der Waals surface area (Å²) in [7, 11) is 0. The summed E-state index contributed by atoms with van der Waals surface area (Å²) < 4.78 is 14.9. The molecule has 0 atom stereocenters. The minimum Gasteiger partial charge on any atom is -0.456 e. The first kappa shape index (κ1) is 32.6. The molecule has 13 aromatic rings. The minimum absolute atomic E-state index is 0.892. The molecular formula is C56H32O2S. The van der Waals surface area contributed by atoms with Crippen LogP contribution in [0.15, 0.2) is 203 Å². The molecule has 3 aromatic heterocycles. The summed E-state index contributed by atoms with van der Waals surface area (Å²) in [4.78, 5) is 1.27. The van der Waals surface area contributed by atoms with Crippen LogP contribution in [0.5, 0.6) is 0 Å². The Morgan fingerprint density at radius 2 is 0.932 bits per heavy atom. The number of thiophene rings is 1. The van der Waals surface area contributed by atoms with Gasteiger partial charge in [0, 0.05) is 53.2 Å². The molecule has 0 aliphatic carbocycles. The van der Waals surface area contributed by atoms with E-state index < -0.39 is 0 Å². The molecule has 2 nitrogen and oxygen atoms in total. The van der Waals surface area contributed by atoms with Gasteiger partial charge in [0.2, 0.25) is 0 Å². The van der Waals surface area contributed by atoms with E-state index in [2.05, 4.69) is 194 Å². The van der Waals surface area contributed by atoms with Crippen LogP contribution >= 0.6 is 11.3 Å². The zero-order valence-electron chi connectivity index (χ0n) is 31.7. The van der Waals surface area contributed by atoms with Crippen LogP contribution in [0.1, 0.15) is 0 Å². The van der Waals surface area contributed by atoms with E-state index >= 15 is 0 Å². The second-order valence-corrected chi connectivity index (χ2v) is 16.5. The van der Waals surface area contributed by atoms with Crippen LogP contribution in [-0.4, -0.2) is 0 Å². The molecule has 3 heteroatoms. The highest BCUT2D eigenvalue weighted by atomic mass is 32.1. The van der Waals surface area contributed by atoms with Crippen molar-refractivity contribution in [3.63, 3.8) is 0 Å². The molecule has 13 rings (SSSR count). The van der Waals surface area contributed by atoms with Crippen molar-refractivity contribution >= 4 is 97.6 Å². The molecule has 0 spiro atoms. The van der Waals surface area contributed by atoms with Gasteiger partial charge in [0.05, 0.1) is 0 Å². The van der Waals surface area contributed by atoms with E-state index in [-0.39, 0.29) is 0 Å². The average molecular weight is 769 g/mol. The van der Waals surface area contributed by atoms with Crippen molar-refractivity contribution in [3.05, 3.63) is 194 Å². The van der Waals surface area contributed by atoms with Crippen molar-refractivity contribution in [2.45, 2.75) is 0 Å². The molecule has 0 radical (unpaired) electrons. The van der Waals surface area contributed by atoms with Gasteiger partial charge in [0.25, 0.3) is 0 Å². The van der Waals surface area contributed by atoms with E-state index in [4.69, 9.17) is 8.83 Å². The Morgan fingerprint density at radius 1 is 0.322 bits per heavy atom. The summed E-state index contributed by atoms with van der Waals surface area (Å²) in [5.41, 5.74) is 11.9. The van der Waals surface area contributed by atoms with E-state index in [0.29, 0.717) is 0 Å². The van der Waals surface area contributed by atoms with Gasteiger partial charge < -0.3 is 8.83 Å². The van der Waals surface area contributed by atoms with Crippen LogP contribution in [0.3, 0.4) is 0 Å². The van der Waals surface area contributed by atoms with Crippen LogP contribution in [0.2, 0.25) is 0 Å². The van der Waals surface area contributed by atoms with E-state index in [1.807, 2.05) is 11.3 Å². The van der Waals surface area contributed by atoms with E-state index in [0.717, 1.165) is 49.6 Å². The van der Waals surface area contributed by atoms with Gasteiger partial charge in [-0.3, -0.25) is 0 Å². The van der Waals surface area contributed by atoms with E-state index in [9.17, 15) is 0 Å². The molecule has 0 saturated carbocycles. The third-order valence-corrected chi connectivity index (χ3v) is 13.5. The lowest BCUT2D eigenvalue weighted by Crippen LogP contribution is -1.91. The standard InChI is InChI=1S/C56H32O2S/c1-3-15-34(16-4-1)50-54-48(59-56(50)35-17-5-2-6-18-35)31-30-46-53(54)44-25-13-24-43(55(44)58-46)51-40-22-11-9-20-38(40)49(39-21-10-12-23-41(39)51)36-26-28-42-47(32-36)57-45-29-27-33-14-7-8-19-37(33)52(42)45/h1-32H. The Morgan fingerprint density at radius 3 is 1.68 bits per heavy atom. The van der Waals surface area contributed by atoms with Crippen LogP contribution in [0, 0.1) is 0 Å². The second-order valence-electron chi connectivity index (χ2n) is 15.4. The van der Waals surface area contributed by atoms with Crippen LogP contribution in [0.25, 0.3) is 130 Å². The maximum Gasteiger partial charge on any atom is 0.143 e. The van der Waals surface area contributed by atoms with Gasteiger partial charge in [0.15, 0.2) is 0 Å². The van der Waals surface area contributed by atoms with E-state index in [1.54, 1.807) is 0 Å². The molecule has 274 valence electrons. The first-order valence-electron chi connectivity index (χ1n) is 20.1. The minimum atomic E-state index is 0.892. The summed E-state index contributed by atoms with van der Waals surface area (Å²) in [5.74, 6) is 0. The zero-order valence-corrected chi connectivity index (χ0v) is 32.5. The Bertz CT molecular complexity index is 3770. The normalized spacial score (nSPS) is 12.1. The quantitative estimate of drug-likeness (QED) is 0.167. The number of benzene rings is 10. The monoisotopic (exact) mass is 768 g/mol. The zero-order chi connectivity index (χ0) is 38.6. The number of furan rings is 2. The third-order valence-electron chi connectivity index (χ3n) is 12.3. The molecule has 0 unspecified atom stereocenters. The highest BCUT2D eigenvalue weighted by Crippen LogP contribution is 2.52. The maximum atomic E-state index is 7.06. The number of fused-ring (bicyclic) bond motifs is 12. The SMILES string of the molecule is c1ccc(-c2sc3ccc4oc5c(-c6c7ccccc7c(-c7ccc8c(c7)oc7ccc9ccccc9c78)c7ccccc67)cccc5c4c3c2-c2ccccc2)cc1. The molecule has 59 heavy (non-hydrogen) atoms. The molecule has 0 N–H and O–H groups in total. The summed E-state index contributed by atoms with van der Waals surface area (Å²) in [6, 6.07) is 69.9. The molecule has 0 aliphatic rings. The van der Waals surface area contributed by atoms with Crippen LogP contribution in [0.4, 0.5) is 0 Å². The lowest BCUT2D eigenvalue weighted by Gasteiger charge is -2.17.